The van der Waals surface area contributed by atoms with E-state index in [4.69, 9.17) is 17.2 Å². The van der Waals surface area contributed by atoms with Crippen LogP contribution in [0.4, 0.5) is 0 Å². The molecule has 3 amide bonds. The molecule has 1 aromatic heterocycles. The molecule has 0 aliphatic rings. The standard InChI is InChI=1S/C35H47N7O5S/c1-4-21(2)22(3)32(46)40-25(16-17-30(36)44)28(43)20-24(19-23-11-6-5-7-12-23)33(47)41-27(14-10-18-39-35(37)38)31(45)34-42-26-13-8-9-15-29(26)48-34/h5-9,11-13,15,21-22,24-25,27H,4,10,14,16-20H2,1-3H3,(H2,36,44)(H,40,46)(H,41,47)(H4,37,38,39)/t21?,22-,24+,25-,27-/m0/s1. The topological polar surface area (TPSA) is 213 Å². The maximum absolute atomic E-state index is 14.0. The van der Waals surface area contributed by atoms with Crippen molar-refractivity contribution in [1.29, 1.82) is 0 Å². The van der Waals surface area contributed by atoms with Crippen LogP contribution in [0.15, 0.2) is 59.6 Å². The Labute approximate surface area is 285 Å². The summed E-state index contributed by atoms with van der Waals surface area (Å²) in [5.41, 5.74) is 17.8. The molecule has 0 bridgehead atoms. The Balaban J connectivity index is 1.88. The third kappa shape index (κ3) is 11.5. The lowest BCUT2D eigenvalue weighted by Crippen LogP contribution is -2.48. The number of carbonyl (C=O) groups excluding carboxylic acids is 5. The average molecular weight is 678 g/mol. The zero-order chi connectivity index (χ0) is 35.2. The number of para-hydroxylation sites is 1. The van der Waals surface area contributed by atoms with Crippen molar-refractivity contribution in [3.63, 3.8) is 0 Å². The van der Waals surface area contributed by atoms with Gasteiger partial charge in [-0.25, -0.2) is 4.98 Å². The van der Waals surface area contributed by atoms with Gasteiger partial charge in [-0.05, 0) is 49.3 Å². The molecule has 1 unspecified atom stereocenters. The SMILES string of the molecule is CCC(C)[C@H](C)C(=O)N[C@@H](CCC(N)=O)C(=O)C[C@@H](Cc1ccccc1)C(=O)N[C@@H](CCCN=C(N)N)C(=O)c1nc2ccccc2s1. The highest BCUT2D eigenvalue weighted by molar-refractivity contribution is 7.20. The number of hydrogen-bond donors (Lipinski definition) is 5. The highest BCUT2D eigenvalue weighted by Gasteiger charge is 2.32. The lowest BCUT2D eigenvalue weighted by molar-refractivity contribution is -0.133. The first kappa shape index (κ1) is 37.8. The second-order valence-electron chi connectivity index (χ2n) is 12.2. The van der Waals surface area contributed by atoms with Crippen LogP contribution in [0.2, 0.25) is 0 Å². The quantitative estimate of drug-likeness (QED) is 0.0517. The van der Waals surface area contributed by atoms with Gasteiger partial charge in [0.25, 0.3) is 0 Å². The molecule has 0 saturated heterocycles. The van der Waals surface area contributed by atoms with Gasteiger partial charge >= 0.3 is 0 Å². The van der Waals surface area contributed by atoms with Crippen molar-refractivity contribution in [1.82, 2.24) is 15.6 Å². The van der Waals surface area contributed by atoms with E-state index in [-0.39, 0.29) is 73.1 Å². The van der Waals surface area contributed by atoms with E-state index in [9.17, 15) is 24.0 Å². The number of nitrogens with zero attached hydrogens (tertiary/aromatic N) is 2. The van der Waals surface area contributed by atoms with Crippen molar-refractivity contribution >= 4 is 56.8 Å². The summed E-state index contributed by atoms with van der Waals surface area (Å²) in [4.78, 5) is 74.9. The second-order valence-corrected chi connectivity index (χ2v) is 13.2. The number of nitrogens with two attached hydrogens (primary N) is 3. The predicted octanol–water partition coefficient (Wildman–Crippen LogP) is 3.27. The summed E-state index contributed by atoms with van der Waals surface area (Å²) in [7, 11) is 0. The number of Topliss-reactive ketones (excluding diaryl/α,β-unsaturated/α-hetero) is 2. The van der Waals surface area contributed by atoms with Gasteiger partial charge in [0.15, 0.2) is 16.8 Å². The molecule has 0 fully saturated rings. The Morgan fingerprint density at radius 3 is 2.19 bits per heavy atom. The zero-order valence-electron chi connectivity index (χ0n) is 27.8. The third-order valence-electron chi connectivity index (χ3n) is 8.52. The fourth-order valence-electron chi connectivity index (χ4n) is 5.25. The number of thiazole rings is 1. The van der Waals surface area contributed by atoms with Gasteiger partial charge in [-0.15, -0.1) is 11.3 Å². The summed E-state index contributed by atoms with van der Waals surface area (Å²) >= 11 is 1.24. The van der Waals surface area contributed by atoms with Gasteiger partial charge in [0, 0.05) is 31.2 Å². The Morgan fingerprint density at radius 2 is 1.54 bits per heavy atom. The van der Waals surface area contributed by atoms with Gasteiger partial charge in [-0.3, -0.25) is 29.0 Å². The third-order valence-corrected chi connectivity index (χ3v) is 9.57. The molecule has 8 N–H and O–H groups in total. The van der Waals surface area contributed by atoms with E-state index in [1.54, 1.807) is 6.92 Å². The maximum atomic E-state index is 14.0. The van der Waals surface area contributed by atoms with Gasteiger partial charge in [0.2, 0.25) is 23.5 Å². The number of ketones is 2. The van der Waals surface area contributed by atoms with Crippen molar-refractivity contribution in [2.24, 2.45) is 39.9 Å². The largest absolute Gasteiger partial charge is 0.370 e. The summed E-state index contributed by atoms with van der Waals surface area (Å²) in [6.45, 7) is 5.98. The van der Waals surface area contributed by atoms with Crippen molar-refractivity contribution < 1.29 is 24.0 Å². The molecule has 3 aromatic rings. The molecule has 48 heavy (non-hydrogen) atoms. The van der Waals surface area contributed by atoms with E-state index in [1.807, 2.05) is 68.4 Å². The number of fused-ring (bicyclic) bond motifs is 1. The summed E-state index contributed by atoms with van der Waals surface area (Å²) in [6, 6.07) is 14.6. The molecule has 5 atom stereocenters. The Bertz CT molecular complexity index is 1560. The highest BCUT2D eigenvalue weighted by Crippen LogP contribution is 2.24. The number of amides is 3. The molecule has 12 nitrogen and oxygen atoms in total. The molecular formula is C35H47N7O5S. The molecule has 3 rings (SSSR count). The molecule has 0 spiro atoms. The summed E-state index contributed by atoms with van der Waals surface area (Å²) in [5, 5.41) is 5.96. The number of guanidine groups is 1. The number of carbonyl (C=O) groups is 5. The van der Waals surface area contributed by atoms with E-state index in [0.717, 1.165) is 16.7 Å². The number of aliphatic imine (C=N–C) groups is 1. The van der Waals surface area contributed by atoms with Crippen molar-refractivity contribution in [3.05, 3.63) is 65.2 Å². The normalized spacial score (nSPS) is 14.2. The molecule has 1 heterocycles. The Morgan fingerprint density at radius 1 is 0.875 bits per heavy atom. The minimum absolute atomic E-state index is 0.0102. The number of aromatic nitrogens is 1. The number of benzene rings is 2. The van der Waals surface area contributed by atoms with Crippen molar-refractivity contribution in [2.75, 3.05) is 6.54 Å². The molecule has 0 aliphatic carbocycles. The Kier molecular flexibility index (Phi) is 14.7. The number of primary amides is 1. The van der Waals surface area contributed by atoms with Crippen LogP contribution in [0, 0.1) is 17.8 Å². The van der Waals surface area contributed by atoms with Crippen LogP contribution in [-0.2, 0) is 25.6 Å². The monoisotopic (exact) mass is 677 g/mol. The molecular weight excluding hydrogens is 630 g/mol. The Hall–Kier alpha value is -4.65. The first-order chi connectivity index (χ1) is 22.9. The fourth-order valence-corrected chi connectivity index (χ4v) is 6.21. The minimum atomic E-state index is -1.01. The smallest absolute Gasteiger partial charge is 0.224 e. The summed E-state index contributed by atoms with van der Waals surface area (Å²) < 4.78 is 0.839. The number of nitrogens with one attached hydrogen (secondary N) is 2. The number of rotatable bonds is 20. The van der Waals surface area contributed by atoms with Gasteiger partial charge in [0.05, 0.1) is 22.3 Å². The summed E-state index contributed by atoms with van der Waals surface area (Å²) in [6.07, 6.45) is 1.27. The average Bonchev–Trinajstić information content (AvgIpc) is 3.51. The van der Waals surface area contributed by atoms with Crippen LogP contribution < -0.4 is 27.8 Å². The molecule has 258 valence electrons. The van der Waals surface area contributed by atoms with Gasteiger partial charge in [0.1, 0.15) is 0 Å². The molecule has 13 heteroatoms. The zero-order valence-corrected chi connectivity index (χ0v) is 28.6. The van der Waals surface area contributed by atoms with Gasteiger partial charge in [-0.1, -0.05) is 69.7 Å². The first-order valence-electron chi connectivity index (χ1n) is 16.3. The van der Waals surface area contributed by atoms with E-state index in [0.29, 0.717) is 11.9 Å². The van der Waals surface area contributed by atoms with E-state index < -0.39 is 35.6 Å². The predicted molar refractivity (Wildman–Crippen MR) is 188 cm³/mol. The molecule has 0 radical (unpaired) electrons. The van der Waals surface area contributed by atoms with Crippen LogP contribution in [-0.4, -0.2) is 58.9 Å². The van der Waals surface area contributed by atoms with Crippen molar-refractivity contribution in [3.8, 4) is 0 Å². The van der Waals surface area contributed by atoms with Crippen LogP contribution in [0.1, 0.15) is 74.7 Å². The second kappa shape index (κ2) is 18.6. The molecule has 0 saturated carbocycles. The minimum Gasteiger partial charge on any atom is -0.370 e. The van der Waals surface area contributed by atoms with Crippen LogP contribution >= 0.6 is 11.3 Å². The van der Waals surface area contributed by atoms with Gasteiger partial charge in [-0.2, -0.15) is 0 Å². The van der Waals surface area contributed by atoms with Crippen LogP contribution in [0.3, 0.4) is 0 Å². The van der Waals surface area contributed by atoms with Gasteiger partial charge < -0.3 is 27.8 Å². The fraction of sp³-hybridized carbons (Fsp3) is 0.457. The highest BCUT2D eigenvalue weighted by atomic mass is 32.1. The lowest BCUT2D eigenvalue weighted by Gasteiger charge is -2.25. The first-order valence-corrected chi connectivity index (χ1v) is 17.1. The van der Waals surface area contributed by atoms with E-state index in [1.165, 1.54) is 11.3 Å². The van der Waals surface area contributed by atoms with Crippen LogP contribution in [0.5, 0.6) is 0 Å². The molecule has 2 aromatic carbocycles. The van der Waals surface area contributed by atoms with E-state index in [2.05, 4.69) is 20.6 Å². The molecule has 0 aliphatic heterocycles. The van der Waals surface area contributed by atoms with Crippen LogP contribution in [0.25, 0.3) is 10.2 Å². The van der Waals surface area contributed by atoms with E-state index >= 15 is 0 Å². The maximum Gasteiger partial charge on any atom is 0.224 e. The van der Waals surface area contributed by atoms with Crippen molar-refractivity contribution in [2.45, 2.75) is 77.8 Å². The lowest BCUT2D eigenvalue weighted by atomic mass is 9.88. The number of hydrogen-bond acceptors (Lipinski definition) is 8. The summed E-state index contributed by atoms with van der Waals surface area (Å²) in [5.74, 6) is -3.42.